The summed E-state index contributed by atoms with van der Waals surface area (Å²) in [5, 5.41) is 0. The second kappa shape index (κ2) is 6.16. The Morgan fingerprint density at radius 3 is 3.00 bits per heavy atom. The van der Waals surface area contributed by atoms with Crippen molar-refractivity contribution in [2.75, 3.05) is 6.61 Å². The molecule has 0 saturated carbocycles. The monoisotopic (exact) mass is 241 g/mol. The molecule has 0 N–H and O–H groups in total. The van der Waals surface area contributed by atoms with Crippen LogP contribution in [-0.2, 0) is 24.2 Å². The van der Waals surface area contributed by atoms with Crippen molar-refractivity contribution in [1.82, 2.24) is 0 Å². The van der Waals surface area contributed by atoms with Gasteiger partial charge in [-0.05, 0) is 12.8 Å². The van der Waals surface area contributed by atoms with Gasteiger partial charge in [-0.2, -0.15) is 18.2 Å². The van der Waals surface area contributed by atoms with E-state index < -0.39 is 0 Å². The molecule has 3 heteroatoms. The second-order valence-electron chi connectivity index (χ2n) is 3.15. The predicted molar refractivity (Wildman–Crippen MR) is 49.5 cm³/mol. The summed E-state index contributed by atoms with van der Waals surface area (Å²) in [5.41, 5.74) is 0. The second-order valence-corrected chi connectivity index (χ2v) is 3.15. The van der Waals surface area contributed by atoms with Crippen LogP contribution in [0.3, 0.4) is 0 Å². The van der Waals surface area contributed by atoms with Crippen LogP contribution in [-0.4, -0.2) is 12.9 Å². The van der Waals surface area contributed by atoms with Crippen LogP contribution in [0.5, 0.6) is 5.75 Å². The van der Waals surface area contributed by atoms with Crippen LogP contribution in [0.2, 0.25) is 0 Å². The molecule has 1 aromatic rings. The summed E-state index contributed by atoms with van der Waals surface area (Å²) in [6.45, 7) is 0.821. The van der Waals surface area contributed by atoms with Gasteiger partial charge >= 0.3 is 0 Å². The molecule has 0 radical (unpaired) electrons. The first-order chi connectivity index (χ1) is 6.45. The first kappa shape index (κ1) is 11.7. The molecule has 1 aliphatic rings. The Kier molecular flexibility index (Phi) is 5.13. The first-order valence-electron chi connectivity index (χ1n) is 4.69. The number of hydrogen-bond acceptors (Lipinski definition) is 2. The summed E-state index contributed by atoms with van der Waals surface area (Å²) in [6.07, 6.45) is 3.29. The Morgan fingerprint density at radius 2 is 2.36 bits per heavy atom. The first-order valence-corrected chi connectivity index (χ1v) is 4.69. The summed E-state index contributed by atoms with van der Waals surface area (Å²) in [7, 11) is 0. The largest absolute Gasteiger partial charge is 0.526 e. The zero-order chi connectivity index (χ0) is 8.93. The van der Waals surface area contributed by atoms with Crippen molar-refractivity contribution in [3.05, 3.63) is 30.3 Å². The molecule has 1 heterocycles. The molecule has 72 valence electrons. The van der Waals surface area contributed by atoms with Crippen molar-refractivity contribution in [2.45, 2.75) is 25.6 Å². The third-order valence-corrected chi connectivity index (χ3v) is 2.08. The van der Waals surface area contributed by atoms with E-state index in [-0.39, 0.29) is 25.8 Å². The molecular weight excluding hydrogens is 230 g/mol. The van der Waals surface area contributed by atoms with Crippen LogP contribution in [0.4, 0.5) is 0 Å². The van der Waals surface area contributed by atoms with Gasteiger partial charge < -0.3 is 9.47 Å². The van der Waals surface area contributed by atoms with Crippen molar-refractivity contribution in [2.24, 2.45) is 0 Å². The maximum atomic E-state index is 5.60. The Hall–Kier alpha value is -0.397. The van der Waals surface area contributed by atoms with Gasteiger partial charge in [-0.15, -0.1) is 12.1 Å². The fourth-order valence-electron chi connectivity index (χ4n) is 1.41. The molecule has 1 aromatic carbocycles. The Morgan fingerprint density at radius 1 is 1.43 bits per heavy atom. The van der Waals surface area contributed by atoms with Gasteiger partial charge in [-0.1, -0.05) is 0 Å². The van der Waals surface area contributed by atoms with Gasteiger partial charge in [0.2, 0.25) is 0 Å². The Bertz CT molecular complexity index is 245. The fraction of sp³-hybridized carbons (Fsp3) is 0.455. The molecule has 0 bridgehead atoms. The van der Waals surface area contributed by atoms with E-state index in [1.807, 2.05) is 24.3 Å². The fourth-order valence-corrected chi connectivity index (χ4v) is 1.41. The number of hydrogen-bond donors (Lipinski definition) is 0. The van der Waals surface area contributed by atoms with Crippen molar-refractivity contribution in [3.63, 3.8) is 0 Å². The minimum Gasteiger partial charge on any atom is -0.526 e. The molecule has 1 aliphatic heterocycles. The molecule has 0 spiro atoms. The third-order valence-electron chi connectivity index (χ3n) is 2.08. The van der Waals surface area contributed by atoms with Crippen molar-refractivity contribution in [1.29, 1.82) is 0 Å². The van der Waals surface area contributed by atoms with Crippen LogP contribution in [0.1, 0.15) is 19.3 Å². The number of benzene rings is 1. The summed E-state index contributed by atoms with van der Waals surface area (Å²) in [5.74, 6) is 0.842. The van der Waals surface area contributed by atoms with Crippen LogP contribution < -0.4 is 4.74 Å². The van der Waals surface area contributed by atoms with Crippen LogP contribution in [0.15, 0.2) is 24.3 Å². The SMILES string of the molecule is [Zn].[c-]1cccc(OC2CCCCO2)c1. The summed E-state index contributed by atoms with van der Waals surface area (Å²) in [4.78, 5) is 0. The van der Waals surface area contributed by atoms with Gasteiger partial charge in [0.1, 0.15) is 0 Å². The molecule has 2 rings (SSSR count). The van der Waals surface area contributed by atoms with E-state index in [2.05, 4.69) is 6.07 Å². The standard InChI is InChI=1S/C11H13O2.Zn/c1-2-6-10(7-3-1)13-11-8-4-5-9-12-11;/h1-2,6-7,11H,4-5,8-9H2;/q-1;. The van der Waals surface area contributed by atoms with E-state index in [4.69, 9.17) is 9.47 Å². The molecule has 0 aromatic heterocycles. The molecule has 1 saturated heterocycles. The van der Waals surface area contributed by atoms with Crippen LogP contribution in [0, 0.1) is 6.07 Å². The predicted octanol–water partition coefficient (Wildman–Crippen LogP) is 2.39. The Balaban J connectivity index is 0.000000980. The van der Waals surface area contributed by atoms with Crippen molar-refractivity contribution in [3.8, 4) is 5.75 Å². The molecule has 1 atom stereocenters. The van der Waals surface area contributed by atoms with Crippen LogP contribution in [0.25, 0.3) is 0 Å². The van der Waals surface area contributed by atoms with E-state index in [0.29, 0.717) is 0 Å². The van der Waals surface area contributed by atoms with E-state index in [1.54, 1.807) is 0 Å². The van der Waals surface area contributed by atoms with E-state index in [1.165, 1.54) is 6.42 Å². The minimum absolute atomic E-state index is 0. The van der Waals surface area contributed by atoms with Gasteiger partial charge in [0.25, 0.3) is 0 Å². The van der Waals surface area contributed by atoms with Gasteiger partial charge in [0, 0.05) is 31.6 Å². The summed E-state index contributed by atoms with van der Waals surface area (Å²) in [6, 6.07) is 10.5. The summed E-state index contributed by atoms with van der Waals surface area (Å²) < 4.78 is 11.0. The van der Waals surface area contributed by atoms with Gasteiger partial charge in [0.15, 0.2) is 6.29 Å². The zero-order valence-corrected chi connectivity index (χ0v) is 11.2. The topological polar surface area (TPSA) is 18.5 Å². The van der Waals surface area contributed by atoms with E-state index in [0.717, 1.165) is 25.2 Å². The maximum Gasteiger partial charge on any atom is 0.185 e. The normalized spacial score (nSPS) is 21.0. The molecule has 1 unspecified atom stereocenters. The van der Waals surface area contributed by atoms with Crippen molar-refractivity contribution < 1.29 is 29.0 Å². The number of ether oxygens (including phenoxy) is 2. The van der Waals surface area contributed by atoms with Gasteiger partial charge in [0.05, 0.1) is 6.61 Å². The Labute approximate surface area is 97.4 Å². The molecule has 0 amide bonds. The third kappa shape index (κ3) is 3.39. The van der Waals surface area contributed by atoms with E-state index >= 15 is 0 Å². The van der Waals surface area contributed by atoms with E-state index in [9.17, 15) is 0 Å². The molecule has 2 nitrogen and oxygen atoms in total. The minimum atomic E-state index is -0.0513. The summed E-state index contributed by atoms with van der Waals surface area (Å²) >= 11 is 0. The molecule has 0 aliphatic carbocycles. The number of rotatable bonds is 2. The zero-order valence-electron chi connectivity index (χ0n) is 8.24. The van der Waals surface area contributed by atoms with Gasteiger partial charge in [-0.25, -0.2) is 0 Å². The quantitative estimate of drug-likeness (QED) is 0.586. The average molecular weight is 243 g/mol. The van der Waals surface area contributed by atoms with Crippen molar-refractivity contribution >= 4 is 0 Å². The molecule has 1 fully saturated rings. The molecule has 14 heavy (non-hydrogen) atoms. The smallest absolute Gasteiger partial charge is 0.185 e. The average Bonchev–Trinajstić information content (AvgIpc) is 2.21. The van der Waals surface area contributed by atoms with Gasteiger partial charge in [-0.3, -0.25) is 0 Å². The maximum absolute atomic E-state index is 5.60. The van der Waals surface area contributed by atoms with Crippen LogP contribution >= 0.6 is 0 Å². The molecular formula is C11H13O2Zn-.